The lowest BCUT2D eigenvalue weighted by atomic mass is 10.1. The highest BCUT2D eigenvalue weighted by Crippen LogP contribution is 2.19. The minimum Gasteiger partial charge on any atom is -0.326 e. The highest BCUT2D eigenvalue weighted by Gasteiger charge is 2.13. The number of hydrogen-bond donors (Lipinski definition) is 1. The van der Waals surface area contributed by atoms with Gasteiger partial charge in [0.15, 0.2) is 0 Å². The van der Waals surface area contributed by atoms with Crippen molar-refractivity contribution in [3.05, 3.63) is 65.7 Å². The smallest absolute Gasteiger partial charge is 0.226 e. The van der Waals surface area contributed by atoms with Crippen molar-refractivity contribution in [2.45, 2.75) is 25.8 Å². The summed E-state index contributed by atoms with van der Waals surface area (Å²) in [6.45, 7) is 0.442. The Morgan fingerprint density at radius 2 is 1.71 bits per heavy atom. The fourth-order valence-electron chi connectivity index (χ4n) is 2.40. The van der Waals surface area contributed by atoms with Gasteiger partial charge in [-0.3, -0.25) is 4.79 Å². The second-order valence-electron chi connectivity index (χ2n) is 5.12. The minimum absolute atomic E-state index is 0.131. The number of carbonyl (C=O) groups excluding carboxylic acids is 1. The molecule has 2 aromatic rings. The van der Waals surface area contributed by atoms with Crippen molar-refractivity contribution in [2.24, 2.45) is 5.73 Å². The molecular formula is C18H22N2O. The number of para-hydroxylation sites is 1. The van der Waals surface area contributed by atoms with E-state index in [2.05, 4.69) is 12.1 Å². The van der Waals surface area contributed by atoms with E-state index in [0.717, 1.165) is 24.1 Å². The molecule has 0 saturated heterocycles. The Hall–Kier alpha value is -2.13. The van der Waals surface area contributed by atoms with Crippen molar-refractivity contribution in [3.63, 3.8) is 0 Å². The molecule has 0 aliphatic carbocycles. The van der Waals surface area contributed by atoms with Crippen LogP contribution in [0.15, 0.2) is 54.6 Å². The van der Waals surface area contributed by atoms with Gasteiger partial charge in [-0.1, -0.05) is 48.5 Å². The summed E-state index contributed by atoms with van der Waals surface area (Å²) < 4.78 is 0. The van der Waals surface area contributed by atoms with E-state index in [-0.39, 0.29) is 5.91 Å². The number of nitrogens with zero attached hydrogens (tertiary/aromatic N) is 1. The van der Waals surface area contributed by atoms with Gasteiger partial charge in [-0.2, -0.15) is 0 Å². The molecule has 21 heavy (non-hydrogen) atoms. The number of hydrogen-bond acceptors (Lipinski definition) is 2. The van der Waals surface area contributed by atoms with Crippen LogP contribution in [0.4, 0.5) is 5.69 Å². The number of anilines is 1. The summed E-state index contributed by atoms with van der Waals surface area (Å²) in [5.74, 6) is 0.131. The van der Waals surface area contributed by atoms with Crippen LogP contribution in [-0.4, -0.2) is 13.0 Å². The summed E-state index contributed by atoms with van der Waals surface area (Å²) >= 11 is 0. The molecule has 110 valence electrons. The van der Waals surface area contributed by atoms with Crippen molar-refractivity contribution in [1.29, 1.82) is 0 Å². The molecule has 1 amide bonds. The average molecular weight is 282 g/mol. The van der Waals surface area contributed by atoms with E-state index in [1.54, 1.807) is 4.90 Å². The number of nitrogens with two attached hydrogens (primary N) is 1. The zero-order valence-corrected chi connectivity index (χ0v) is 12.5. The third-order valence-electron chi connectivity index (χ3n) is 3.65. The lowest BCUT2D eigenvalue weighted by molar-refractivity contribution is -0.118. The molecule has 0 atom stereocenters. The Balaban J connectivity index is 1.91. The normalized spacial score (nSPS) is 10.4. The summed E-state index contributed by atoms with van der Waals surface area (Å²) in [5, 5.41) is 0. The van der Waals surface area contributed by atoms with Crippen LogP contribution in [0.2, 0.25) is 0 Å². The number of aryl methyl sites for hydroxylation is 1. The van der Waals surface area contributed by atoms with Crippen LogP contribution in [0, 0.1) is 0 Å². The van der Waals surface area contributed by atoms with Crippen molar-refractivity contribution < 1.29 is 4.79 Å². The maximum absolute atomic E-state index is 12.3. The van der Waals surface area contributed by atoms with E-state index in [0.29, 0.717) is 13.0 Å². The molecule has 2 aromatic carbocycles. The highest BCUT2D eigenvalue weighted by molar-refractivity contribution is 5.93. The maximum Gasteiger partial charge on any atom is 0.226 e. The third kappa shape index (κ3) is 4.17. The first-order valence-electron chi connectivity index (χ1n) is 7.31. The van der Waals surface area contributed by atoms with Crippen molar-refractivity contribution in [3.8, 4) is 0 Å². The van der Waals surface area contributed by atoms with Crippen LogP contribution in [0.3, 0.4) is 0 Å². The van der Waals surface area contributed by atoms with E-state index >= 15 is 0 Å². The van der Waals surface area contributed by atoms with E-state index in [1.807, 2.05) is 49.5 Å². The Morgan fingerprint density at radius 1 is 1.05 bits per heavy atom. The second-order valence-corrected chi connectivity index (χ2v) is 5.12. The first kappa shape index (κ1) is 15.3. The highest BCUT2D eigenvalue weighted by atomic mass is 16.2. The molecule has 2 N–H and O–H groups in total. The fraction of sp³-hybridized carbons (Fsp3) is 0.278. The number of benzene rings is 2. The van der Waals surface area contributed by atoms with E-state index in [9.17, 15) is 4.79 Å². The number of carbonyl (C=O) groups is 1. The molecule has 0 aliphatic heterocycles. The summed E-state index contributed by atoms with van der Waals surface area (Å²) in [4.78, 5) is 14.0. The van der Waals surface area contributed by atoms with Gasteiger partial charge < -0.3 is 10.6 Å². The topological polar surface area (TPSA) is 46.3 Å². The van der Waals surface area contributed by atoms with E-state index in [4.69, 9.17) is 5.73 Å². The van der Waals surface area contributed by atoms with Gasteiger partial charge in [0.1, 0.15) is 0 Å². The van der Waals surface area contributed by atoms with Gasteiger partial charge in [-0.05, 0) is 30.0 Å². The molecule has 2 rings (SSSR count). The molecular weight excluding hydrogens is 260 g/mol. The Labute approximate surface area is 126 Å². The van der Waals surface area contributed by atoms with Crippen LogP contribution >= 0.6 is 0 Å². The summed E-state index contributed by atoms with van der Waals surface area (Å²) in [5.41, 5.74) is 8.90. The van der Waals surface area contributed by atoms with Gasteiger partial charge in [0.05, 0.1) is 0 Å². The van der Waals surface area contributed by atoms with E-state index in [1.165, 1.54) is 5.56 Å². The molecule has 3 nitrogen and oxygen atoms in total. The molecule has 0 spiro atoms. The first-order valence-corrected chi connectivity index (χ1v) is 7.31. The van der Waals surface area contributed by atoms with Crippen molar-refractivity contribution >= 4 is 11.6 Å². The Kier molecular flexibility index (Phi) is 5.52. The van der Waals surface area contributed by atoms with Crippen molar-refractivity contribution in [1.82, 2.24) is 0 Å². The van der Waals surface area contributed by atoms with Gasteiger partial charge in [-0.25, -0.2) is 0 Å². The van der Waals surface area contributed by atoms with Crippen LogP contribution in [-0.2, 0) is 17.8 Å². The van der Waals surface area contributed by atoms with Gasteiger partial charge in [0, 0.05) is 25.7 Å². The van der Waals surface area contributed by atoms with Gasteiger partial charge in [-0.15, -0.1) is 0 Å². The van der Waals surface area contributed by atoms with Crippen LogP contribution < -0.4 is 10.6 Å². The standard InChI is InChI=1S/C18H22N2O/c1-20(17-12-6-5-11-16(17)14-19)18(21)13-7-10-15-8-3-2-4-9-15/h2-6,8-9,11-12H,7,10,13-14,19H2,1H3. The Bertz CT molecular complexity index is 581. The monoisotopic (exact) mass is 282 g/mol. The molecule has 3 heteroatoms. The molecule has 0 saturated carbocycles. The second kappa shape index (κ2) is 7.60. The molecule has 0 aromatic heterocycles. The van der Waals surface area contributed by atoms with Crippen molar-refractivity contribution in [2.75, 3.05) is 11.9 Å². The largest absolute Gasteiger partial charge is 0.326 e. The maximum atomic E-state index is 12.3. The predicted molar refractivity (Wildman–Crippen MR) is 87.1 cm³/mol. The van der Waals surface area contributed by atoms with Gasteiger partial charge >= 0.3 is 0 Å². The Morgan fingerprint density at radius 3 is 2.43 bits per heavy atom. The summed E-state index contributed by atoms with van der Waals surface area (Å²) in [6.07, 6.45) is 2.33. The number of rotatable bonds is 6. The van der Waals surface area contributed by atoms with Crippen LogP contribution in [0.5, 0.6) is 0 Å². The van der Waals surface area contributed by atoms with Crippen LogP contribution in [0.1, 0.15) is 24.0 Å². The number of amides is 1. The van der Waals surface area contributed by atoms with E-state index < -0.39 is 0 Å². The zero-order chi connectivity index (χ0) is 15.1. The summed E-state index contributed by atoms with van der Waals surface area (Å²) in [7, 11) is 1.82. The predicted octanol–water partition coefficient (Wildman–Crippen LogP) is 3.13. The minimum atomic E-state index is 0.131. The fourth-order valence-corrected chi connectivity index (χ4v) is 2.40. The molecule has 0 aliphatic rings. The first-order chi connectivity index (χ1) is 10.2. The van der Waals surface area contributed by atoms with Crippen LogP contribution in [0.25, 0.3) is 0 Å². The molecule has 0 radical (unpaired) electrons. The third-order valence-corrected chi connectivity index (χ3v) is 3.65. The SMILES string of the molecule is CN(C(=O)CCCc1ccccc1)c1ccccc1CN. The lowest BCUT2D eigenvalue weighted by Crippen LogP contribution is -2.27. The molecule has 0 bridgehead atoms. The van der Waals surface area contributed by atoms with Gasteiger partial charge in [0.25, 0.3) is 0 Å². The molecule has 0 heterocycles. The molecule has 0 unspecified atom stereocenters. The molecule has 0 fully saturated rings. The zero-order valence-electron chi connectivity index (χ0n) is 12.5. The average Bonchev–Trinajstić information content (AvgIpc) is 2.55. The van der Waals surface area contributed by atoms with Gasteiger partial charge in [0.2, 0.25) is 5.91 Å². The lowest BCUT2D eigenvalue weighted by Gasteiger charge is -2.20. The summed E-state index contributed by atoms with van der Waals surface area (Å²) in [6, 6.07) is 18.0. The quantitative estimate of drug-likeness (QED) is 0.884.